The topological polar surface area (TPSA) is 107 Å². The molecular weight excluding hydrogens is 209 g/mol. The van der Waals surface area contributed by atoms with Crippen molar-refractivity contribution in [3.05, 3.63) is 0 Å². The molecule has 12 heavy (non-hydrogen) atoms. The number of phosphoric acid groups is 1. The number of aliphatic hydroxyl groups excluding tert-OH is 2. The summed E-state index contributed by atoms with van der Waals surface area (Å²) in [5.41, 5.74) is 0. The van der Waals surface area contributed by atoms with Crippen molar-refractivity contribution in [2.45, 2.75) is 6.10 Å². The second-order valence-electron chi connectivity index (χ2n) is 1.58. The van der Waals surface area contributed by atoms with Crippen molar-refractivity contribution in [1.82, 2.24) is 0 Å². The molecule has 0 radical (unpaired) electrons. The first-order valence-electron chi connectivity index (χ1n) is 2.45. The Morgan fingerprint density at radius 3 is 1.58 bits per heavy atom. The minimum absolute atomic E-state index is 0. The van der Waals surface area contributed by atoms with Crippen LogP contribution < -0.4 is 0 Å². The molecule has 0 saturated carbocycles. The van der Waals surface area contributed by atoms with Crippen molar-refractivity contribution in [2.24, 2.45) is 0 Å². The van der Waals surface area contributed by atoms with Crippen LogP contribution in [0.3, 0.4) is 0 Å². The molecule has 0 aliphatic heterocycles. The van der Waals surface area contributed by atoms with Crippen molar-refractivity contribution in [3.63, 3.8) is 0 Å². The van der Waals surface area contributed by atoms with Gasteiger partial charge in [-0.3, -0.25) is 4.52 Å². The van der Waals surface area contributed by atoms with Crippen molar-refractivity contribution in [1.29, 1.82) is 0 Å². The fourth-order valence-electron chi connectivity index (χ4n) is 0.319. The van der Waals surface area contributed by atoms with Crippen molar-refractivity contribution in [2.75, 3.05) is 13.2 Å². The number of hydrogen-bond donors (Lipinski definition) is 4. The van der Waals surface area contributed by atoms with Crippen LogP contribution in [0.15, 0.2) is 0 Å². The number of hydrogen-bond acceptors (Lipinski definition) is 4. The molecule has 9 heteroatoms. The van der Waals surface area contributed by atoms with Gasteiger partial charge in [0.15, 0.2) is 0 Å². The molecule has 0 bridgehead atoms. The minimum atomic E-state index is -4.57. The fourth-order valence-corrected chi connectivity index (χ4v) is 0.840. The Bertz CT molecular complexity index is 133. The van der Waals surface area contributed by atoms with Crippen LogP contribution in [0.25, 0.3) is 0 Å². The van der Waals surface area contributed by atoms with Crippen molar-refractivity contribution >= 4 is 66.9 Å². The molecule has 0 aromatic rings. The summed E-state index contributed by atoms with van der Waals surface area (Å²) in [5.74, 6) is 0. The van der Waals surface area contributed by atoms with E-state index >= 15 is 0 Å². The molecule has 0 saturated heterocycles. The van der Waals surface area contributed by atoms with Crippen LogP contribution in [-0.4, -0.2) is 98.4 Å². The van der Waals surface area contributed by atoms with E-state index in [1.165, 1.54) is 0 Å². The van der Waals surface area contributed by atoms with Crippen LogP contribution in [0.2, 0.25) is 0 Å². The van der Waals surface area contributed by atoms with Gasteiger partial charge in [0.2, 0.25) is 0 Å². The second-order valence-corrected chi connectivity index (χ2v) is 2.78. The summed E-state index contributed by atoms with van der Waals surface area (Å²) >= 11 is 0. The molecule has 0 aromatic carbocycles. The summed E-state index contributed by atoms with van der Waals surface area (Å²) in [6, 6.07) is 0. The van der Waals surface area contributed by atoms with E-state index in [1.807, 2.05) is 0 Å². The Hall–Kier alpha value is 2.03. The van der Waals surface area contributed by atoms with E-state index < -0.39 is 27.1 Å². The van der Waals surface area contributed by atoms with Gasteiger partial charge in [-0.05, 0) is 0 Å². The van der Waals surface area contributed by atoms with Crippen LogP contribution >= 0.6 is 7.82 Å². The molecule has 0 amide bonds. The van der Waals surface area contributed by atoms with Crippen molar-refractivity contribution in [3.8, 4) is 0 Å². The molecule has 6 nitrogen and oxygen atoms in total. The molecule has 4 N–H and O–H groups in total. The Kier molecular flexibility index (Phi) is 15.6. The van der Waals surface area contributed by atoms with E-state index in [2.05, 4.69) is 4.52 Å². The number of rotatable bonds is 4. The summed E-state index contributed by atoms with van der Waals surface area (Å²) in [6.07, 6.45) is -1.21. The van der Waals surface area contributed by atoms with Gasteiger partial charge in [0, 0.05) is 0 Å². The molecule has 0 spiro atoms. The molecule has 0 aliphatic rings. The molecule has 0 rings (SSSR count). The Balaban J connectivity index is -0.000000405. The third-order valence-corrected chi connectivity index (χ3v) is 1.27. The van der Waals surface area contributed by atoms with Crippen LogP contribution in [0, 0.1) is 0 Å². The molecule has 0 atom stereocenters. The Morgan fingerprint density at radius 1 is 1.17 bits per heavy atom. The van der Waals surface area contributed by atoms with E-state index in [0.717, 1.165) is 0 Å². The van der Waals surface area contributed by atoms with Crippen molar-refractivity contribution < 1.29 is 29.1 Å². The first-order chi connectivity index (χ1) is 4.49. The normalized spacial score (nSPS) is 10.4. The summed E-state index contributed by atoms with van der Waals surface area (Å²) in [4.78, 5) is 16.2. The molecule has 0 unspecified atom stereocenters. The molecule has 0 fully saturated rings. The second kappa shape index (κ2) is 9.58. The zero-order valence-corrected chi connectivity index (χ0v) is 5.94. The molecule has 66 valence electrons. The fraction of sp³-hybridized carbons (Fsp3) is 1.00. The standard InChI is InChI=1S/C3H9O6P.2Na.2H/c4-1-3(2-5)9-10(6,7)8;;;;/h3-5H,1-2H2,(H2,6,7,8);;;;. The van der Waals surface area contributed by atoms with Crippen LogP contribution in [0.5, 0.6) is 0 Å². The maximum atomic E-state index is 10.0. The first-order valence-corrected chi connectivity index (χ1v) is 3.98. The van der Waals surface area contributed by atoms with Gasteiger partial charge in [-0.15, -0.1) is 0 Å². The van der Waals surface area contributed by atoms with Gasteiger partial charge in [-0.1, -0.05) is 0 Å². The van der Waals surface area contributed by atoms with Crippen LogP contribution in [0.4, 0.5) is 0 Å². The molecule has 0 aromatic heterocycles. The summed E-state index contributed by atoms with van der Waals surface area (Å²) in [7, 11) is -4.57. The van der Waals surface area contributed by atoms with E-state index in [9.17, 15) is 4.57 Å². The summed E-state index contributed by atoms with van der Waals surface area (Å²) < 4.78 is 13.9. The predicted molar refractivity (Wildman–Crippen MR) is 45.4 cm³/mol. The average molecular weight is 220 g/mol. The van der Waals surface area contributed by atoms with Gasteiger partial charge in [0.1, 0.15) is 6.10 Å². The number of aliphatic hydroxyl groups is 2. The van der Waals surface area contributed by atoms with Crippen LogP contribution in [0.1, 0.15) is 0 Å². The third kappa shape index (κ3) is 12.0. The first kappa shape index (κ1) is 19.6. The summed E-state index contributed by atoms with van der Waals surface area (Å²) in [6.45, 7) is -1.25. The SMILES string of the molecule is O=P(O)(O)OC(CO)CO.[NaH].[NaH]. The molecule has 0 heterocycles. The average Bonchev–Trinajstić information content (AvgIpc) is 1.81. The quantitative estimate of drug-likeness (QED) is 0.300. The van der Waals surface area contributed by atoms with E-state index in [0.29, 0.717) is 0 Å². The monoisotopic (exact) mass is 220 g/mol. The third-order valence-electron chi connectivity index (χ3n) is 0.694. The van der Waals surface area contributed by atoms with Crippen LogP contribution in [-0.2, 0) is 9.09 Å². The zero-order chi connectivity index (χ0) is 8.20. The molecule has 0 aliphatic carbocycles. The van der Waals surface area contributed by atoms with Gasteiger partial charge < -0.3 is 20.0 Å². The van der Waals surface area contributed by atoms with Gasteiger partial charge in [0.05, 0.1) is 13.2 Å². The van der Waals surface area contributed by atoms with E-state index in [1.54, 1.807) is 0 Å². The summed E-state index contributed by atoms with van der Waals surface area (Å²) in [5, 5.41) is 16.5. The Morgan fingerprint density at radius 2 is 1.50 bits per heavy atom. The van der Waals surface area contributed by atoms with Gasteiger partial charge >= 0.3 is 66.9 Å². The van der Waals surface area contributed by atoms with Gasteiger partial charge in [-0.25, -0.2) is 4.57 Å². The van der Waals surface area contributed by atoms with E-state index in [-0.39, 0.29) is 59.1 Å². The molecular formula is C3H11Na2O6P. The maximum absolute atomic E-state index is 10.0. The van der Waals surface area contributed by atoms with Gasteiger partial charge in [0.25, 0.3) is 0 Å². The van der Waals surface area contributed by atoms with Gasteiger partial charge in [-0.2, -0.15) is 0 Å². The predicted octanol–water partition coefficient (Wildman–Crippen LogP) is -2.85. The van der Waals surface area contributed by atoms with E-state index in [4.69, 9.17) is 20.0 Å². The number of phosphoric ester groups is 1. The Labute approximate surface area is 114 Å². The zero-order valence-electron chi connectivity index (χ0n) is 5.04.